The Balaban J connectivity index is 1.43. The second kappa shape index (κ2) is 15.0. The number of hydrogen-bond donors (Lipinski definition) is 0. The molecule has 4 aliphatic rings. The SMILES string of the molecule is CC(C)(C)c1ccc(N(c2ccc(C(C)(C)C)cc2)c2cc(C34CC5CC(CC(C5)C3)C4)cc(N(c3cccc(C(C)(C)C)c3)c3cccc(C(C)(C)C)c3)c2Br)cc1. The van der Waals surface area contributed by atoms with Crippen LogP contribution in [-0.4, -0.2) is 0 Å². The van der Waals surface area contributed by atoms with Crippen molar-refractivity contribution in [3.63, 3.8) is 0 Å². The molecule has 4 bridgehead atoms. The van der Waals surface area contributed by atoms with E-state index in [9.17, 15) is 0 Å². The van der Waals surface area contributed by atoms with Crippen molar-refractivity contribution in [2.75, 3.05) is 9.80 Å². The Morgan fingerprint density at radius 2 is 0.763 bits per heavy atom. The van der Waals surface area contributed by atoms with Crippen molar-refractivity contribution in [1.82, 2.24) is 0 Å². The van der Waals surface area contributed by atoms with Crippen molar-refractivity contribution in [3.05, 3.63) is 141 Å². The summed E-state index contributed by atoms with van der Waals surface area (Å²) in [4.78, 5) is 5.09. The first-order valence-corrected chi connectivity index (χ1v) is 23.2. The molecule has 9 rings (SSSR count). The van der Waals surface area contributed by atoms with E-state index in [-0.39, 0.29) is 27.1 Å². The van der Waals surface area contributed by atoms with Gasteiger partial charge in [0.25, 0.3) is 0 Å². The van der Waals surface area contributed by atoms with E-state index < -0.39 is 0 Å². The van der Waals surface area contributed by atoms with Crippen LogP contribution in [0.4, 0.5) is 34.1 Å². The number of halogens is 1. The van der Waals surface area contributed by atoms with E-state index in [1.54, 1.807) is 0 Å². The van der Waals surface area contributed by atoms with Gasteiger partial charge in [-0.3, -0.25) is 0 Å². The normalized spacial score (nSPS) is 21.8. The van der Waals surface area contributed by atoms with Gasteiger partial charge in [0.15, 0.2) is 0 Å². The first kappa shape index (κ1) is 41.9. The average Bonchev–Trinajstić information content (AvgIpc) is 3.15. The van der Waals surface area contributed by atoms with Crippen molar-refractivity contribution in [2.24, 2.45) is 17.8 Å². The third kappa shape index (κ3) is 8.32. The fraction of sp³-hybridized carbons (Fsp3) is 0.464. The molecule has 59 heavy (non-hydrogen) atoms. The molecule has 0 radical (unpaired) electrons. The highest BCUT2D eigenvalue weighted by Gasteiger charge is 2.52. The van der Waals surface area contributed by atoms with Crippen LogP contribution in [0.3, 0.4) is 0 Å². The van der Waals surface area contributed by atoms with Crippen LogP contribution >= 0.6 is 15.9 Å². The Morgan fingerprint density at radius 3 is 1.10 bits per heavy atom. The van der Waals surface area contributed by atoms with E-state index in [1.807, 2.05) is 0 Å². The highest BCUT2D eigenvalue weighted by atomic mass is 79.9. The van der Waals surface area contributed by atoms with Crippen LogP contribution in [-0.2, 0) is 27.1 Å². The van der Waals surface area contributed by atoms with E-state index in [0.717, 1.165) is 22.2 Å². The Morgan fingerprint density at radius 1 is 0.424 bits per heavy atom. The summed E-state index contributed by atoms with van der Waals surface area (Å²) >= 11 is 4.44. The molecule has 0 atom stereocenters. The van der Waals surface area contributed by atoms with E-state index in [0.29, 0.717) is 0 Å². The minimum Gasteiger partial charge on any atom is -0.309 e. The van der Waals surface area contributed by atoms with Crippen LogP contribution in [0.5, 0.6) is 0 Å². The molecule has 0 heterocycles. The monoisotopic (exact) mass is 848 g/mol. The van der Waals surface area contributed by atoms with Gasteiger partial charge in [-0.1, -0.05) is 132 Å². The average molecular weight is 850 g/mol. The Bertz CT molecular complexity index is 2150. The molecular formula is C56H69BrN2. The lowest BCUT2D eigenvalue weighted by Gasteiger charge is -2.57. The predicted octanol–water partition coefficient (Wildman–Crippen LogP) is 17.0. The standard InChI is InChI=1S/C56H69BrN2/c1-52(2,3)40-19-23-45(24-20-40)58(46-25-21-41(22-26-46)53(4,5)6)49-32-44(56-34-37-27-38(35-56)29-39(28-37)36-56)33-50(51(49)57)59(47-17-13-15-42(30-47)54(7,8)9)48-18-14-16-43(31-48)55(10,11)12/h13-26,30-33,37-39H,27-29,34-36H2,1-12H3. The lowest BCUT2D eigenvalue weighted by molar-refractivity contribution is -0.00515. The minimum atomic E-state index is 0.00755. The molecule has 2 nitrogen and oxygen atoms in total. The van der Waals surface area contributed by atoms with Gasteiger partial charge in [0, 0.05) is 22.7 Å². The number of anilines is 6. The van der Waals surface area contributed by atoms with Gasteiger partial charge < -0.3 is 9.80 Å². The van der Waals surface area contributed by atoms with Gasteiger partial charge in [0.1, 0.15) is 0 Å². The van der Waals surface area contributed by atoms with Gasteiger partial charge in [0.05, 0.1) is 15.8 Å². The zero-order valence-electron chi connectivity index (χ0n) is 38.1. The van der Waals surface area contributed by atoms with Crippen LogP contribution in [0, 0.1) is 17.8 Å². The van der Waals surface area contributed by atoms with E-state index in [2.05, 4.69) is 218 Å². The summed E-state index contributed by atoms with van der Waals surface area (Å²) in [6, 6.07) is 42.6. The summed E-state index contributed by atoms with van der Waals surface area (Å²) in [5, 5.41) is 0. The van der Waals surface area contributed by atoms with Crippen LogP contribution in [0.25, 0.3) is 0 Å². The molecule has 5 aromatic carbocycles. The molecule has 310 valence electrons. The number of nitrogens with zero attached hydrogens (tertiary/aromatic N) is 2. The lowest BCUT2D eigenvalue weighted by Crippen LogP contribution is -2.48. The first-order valence-electron chi connectivity index (χ1n) is 22.5. The van der Waals surface area contributed by atoms with Crippen LogP contribution in [0.15, 0.2) is 114 Å². The summed E-state index contributed by atoms with van der Waals surface area (Å²) in [6.07, 6.45) is 8.19. The van der Waals surface area contributed by atoms with Crippen LogP contribution in [0.2, 0.25) is 0 Å². The smallest absolute Gasteiger partial charge is 0.0657 e. The Hall–Kier alpha value is -3.82. The van der Waals surface area contributed by atoms with Crippen molar-refractivity contribution in [2.45, 2.75) is 149 Å². The molecule has 0 spiro atoms. The van der Waals surface area contributed by atoms with Crippen molar-refractivity contribution >= 4 is 50.1 Å². The summed E-state index contributed by atoms with van der Waals surface area (Å²) < 4.78 is 1.10. The number of benzene rings is 5. The molecule has 0 aliphatic heterocycles. The quantitative estimate of drug-likeness (QED) is 0.161. The molecular weight excluding hydrogens is 781 g/mol. The Kier molecular flexibility index (Phi) is 10.6. The van der Waals surface area contributed by atoms with Crippen LogP contribution in [0.1, 0.15) is 149 Å². The van der Waals surface area contributed by atoms with Gasteiger partial charge in [-0.05, 0) is 188 Å². The third-order valence-corrected chi connectivity index (χ3v) is 14.9. The second-order valence-corrected chi connectivity index (χ2v) is 23.7. The zero-order chi connectivity index (χ0) is 42.3. The van der Waals surface area contributed by atoms with Crippen molar-refractivity contribution in [1.29, 1.82) is 0 Å². The fourth-order valence-electron chi connectivity index (χ4n) is 11.0. The maximum absolute atomic E-state index is 4.44. The van der Waals surface area contributed by atoms with Crippen LogP contribution < -0.4 is 9.80 Å². The van der Waals surface area contributed by atoms with Crippen molar-refractivity contribution < 1.29 is 0 Å². The molecule has 4 aliphatic carbocycles. The summed E-state index contributed by atoms with van der Waals surface area (Å²) in [5.41, 5.74) is 14.3. The summed E-state index contributed by atoms with van der Waals surface area (Å²) in [5.74, 6) is 2.52. The molecule has 4 saturated carbocycles. The first-order chi connectivity index (χ1) is 27.6. The van der Waals surface area contributed by atoms with Gasteiger partial charge in [-0.15, -0.1) is 0 Å². The zero-order valence-corrected chi connectivity index (χ0v) is 39.7. The molecule has 4 fully saturated rings. The maximum atomic E-state index is 4.44. The van der Waals surface area contributed by atoms with Gasteiger partial charge in [0.2, 0.25) is 0 Å². The van der Waals surface area contributed by atoms with E-state index >= 15 is 0 Å². The second-order valence-electron chi connectivity index (χ2n) is 22.9. The molecule has 5 aromatic rings. The topological polar surface area (TPSA) is 6.48 Å². The largest absolute Gasteiger partial charge is 0.309 e. The molecule has 0 N–H and O–H groups in total. The van der Waals surface area contributed by atoms with Gasteiger partial charge in [-0.25, -0.2) is 0 Å². The summed E-state index contributed by atoms with van der Waals surface area (Å²) in [7, 11) is 0. The third-order valence-electron chi connectivity index (χ3n) is 14.1. The van der Waals surface area contributed by atoms with Gasteiger partial charge in [-0.2, -0.15) is 0 Å². The number of rotatable bonds is 7. The highest BCUT2D eigenvalue weighted by Crippen LogP contribution is 2.62. The van der Waals surface area contributed by atoms with Gasteiger partial charge >= 0.3 is 0 Å². The summed E-state index contributed by atoms with van der Waals surface area (Å²) in [6.45, 7) is 27.8. The molecule has 0 unspecified atom stereocenters. The fourth-order valence-corrected chi connectivity index (χ4v) is 11.6. The van der Waals surface area contributed by atoms with E-state index in [4.69, 9.17) is 0 Å². The number of hydrogen-bond acceptors (Lipinski definition) is 2. The Labute approximate surface area is 366 Å². The molecule has 0 amide bonds. The highest BCUT2D eigenvalue weighted by molar-refractivity contribution is 9.10. The molecule has 3 heteroatoms. The lowest BCUT2D eigenvalue weighted by atomic mass is 9.48. The molecule has 0 saturated heterocycles. The maximum Gasteiger partial charge on any atom is 0.0657 e. The van der Waals surface area contributed by atoms with E-state index in [1.165, 1.54) is 100 Å². The molecule has 0 aromatic heterocycles. The minimum absolute atomic E-state index is 0.00755. The predicted molar refractivity (Wildman–Crippen MR) is 258 cm³/mol. The van der Waals surface area contributed by atoms with Crippen molar-refractivity contribution in [3.8, 4) is 0 Å².